The molecule has 2 aliphatic rings. The second-order valence-corrected chi connectivity index (χ2v) is 8.85. The largest absolute Gasteiger partial charge is 0.374 e. The van der Waals surface area contributed by atoms with E-state index in [2.05, 4.69) is 44.2 Å². The van der Waals surface area contributed by atoms with E-state index in [0.29, 0.717) is 38.3 Å². The summed E-state index contributed by atoms with van der Waals surface area (Å²) in [6.07, 6.45) is 4.00. The Hall–Kier alpha value is -1.98. The highest BCUT2D eigenvalue weighted by Gasteiger charge is 2.42. The van der Waals surface area contributed by atoms with Gasteiger partial charge in [0.25, 0.3) is 0 Å². The van der Waals surface area contributed by atoms with Crippen molar-refractivity contribution in [3.8, 4) is 0 Å². The molecule has 1 heterocycles. The van der Waals surface area contributed by atoms with Crippen LogP contribution in [0.25, 0.3) is 0 Å². The molecule has 2 unspecified atom stereocenters. The molecule has 0 N–H and O–H groups in total. The lowest BCUT2D eigenvalue weighted by atomic mass is 9.81. The van der Waals surface area contributed by atoms with Crippen LogP contribution in [0, 0.1) is 11.8 Å². The number of hydrogen-bond donors (Lipinski definition) is 0. The molecular formula is C27H34O4. The van der Waals surface area contributed by atoms with Crippen LogP contribution in [-0.2, 0) is 32.2 Å². The lowest BCUT2D eigenvalue weighted by Gasteiger charge is -2.31. The molecule has 2 aromatic carbocycles. The number of benzene rings is 2. The molecule has 1 aliphatic carbocycles. The van der Waals surface area contributed by atoms with Crippen LogP contribution < -0.4 is 0 Å². The van der Waals surface area contributed by atoms with E-state index in [0.717, 1.165) is 24.0 Å². The zero-order valence-corrected chi connectivity index (χ0v) is 18.6. The molecule has 2 aromatic rings. The molecule has 1 fully saturated rings. The average molecular weight is 423 g/mol. The minimum atomic E-state index is -0.199. The Labute approximate surface area is 186 Å². The van der Waals surface area contributed by atoms with E-state index >= 15 is 0 Å². The fraction of sp³-hybridized carbons (Fsp3) is 0.481. The fourth-order valence-corrected chi connectivity index (χ4v) is 4.47. The van der Waals surface area contributed by atoms with Crippen molar-refractivity contribution < 1.29 is 18.9 Å². The summed E-state index contributed by atoms with van der Waals surface area (Å²) in [6.45, 7) is 6.66. The zero-order valence-electron chi connectivity index (χ0n) is 18.6. The van der Waals surface area contributed by atoms with Crippen molar-refractivity contribution in [2.24, 2.45) is 11.8 Å². The first-order chi connectivity index (χ1) is 15.2. The van der Waals surface area contributed by atoms with E-state index in [1.807, 2.05) is 36.4 Å². The molecule has 4 heteroatoms. The van der Waals surface area contributed by atoms with Crippen molar-refractivity contribution in [2.45, 2.75) is 58.4 Å². The van der Waals surface area contributed by atoms with Crippen LogP contribution in [-0.4, -0.2) is 31.7 Å². The van der Waals surface area contributed by atoms with Gasteiger partial charge >= 0.3 is 0 Å². The zero-order chi connectivity index (χ0) is 21.5. The SMILES string of the molecule is CC1=CCC(C2O[C@@H](COCc3ccccc3)[C@H](COCc3ccccc3)O2)C(C)C1. The molecule has 0 saturated carbocycles. The predicted octanol–water partition coefficient (Wildman–Crippen LogP) is 5.52. The Morgan fingerprint density at radius 1 is 0.806 bits per heavy atom. The third kappa shape index (κ3) is 6.27. The van der Waals surface area contributed by atoms with Crippen LogP contribution in [0.4, 0.5) is 0 Å². The minimum absolute atomic E-state index is 0.122. The Bertz CT molecular complexity index is 766. The van der Waals surface area contributed by atoms with Gasteiger partial charge in [-0.1, -0.05) is 79.2 Å². The van der Waals surface area contributed by atoms with Gasteiger partial charge in [0.05, 0.1) is 26.4 Å². The second kappa shape index (κ2) is 11.1. The monoisotopic (exact) mass is 422 g/mol. The van der Waals surface area contributed by atoms with Crippen LogP contribution in [0.5, 0.6) is 0 Å². The summed E-state index contributed by atoms with van der Waals surface area (Å²) >= 11 is 0. The van der Waals surface area contributed by atoms with Gasteiger partial charge in [-0.05, 0) is 36.8 Å². The molecule has 0 bridgehead atoms. The maximum absolute atomic E-state index is 6.40. The van der Waals surface area contributed by atoms with Gasteiger partial charge in [0.15, 0.2) is 6.29 Å². The first-order valence-corrected chi connectivity index (χ1v) is 11.4. The van der Waals surface area contributed by atoms with Crippen molar-refractivity contribution in [1.82, 2.24) is 0 Å². The molecule has 0 amide bonds. The molecule has 4 rings (SSSR count). The van der Waals surface area contributed by atoms with Crippen molar-refractivity contribution in [1.29, 1.82) is 0 Å². The standard InChI is InChI=1S/C27H34O4/c1-20-13-14-24(21(2)15-20)27-30-25(18-28-16-22-9-5-3-6-10-22)26(31-27)19-29-17-23-11-7-4-8-12-23/h3-13,21,24-27H,14-19H2,1-2H3/t21?,24?,25-,26-/m0/s1. The molecule has 0 spiro atoms. The lowest BCUT2D eigenvalue weighted by Crippen LogP contribution is -2.31. The molecule has 0 aromatic heterocycles. The third-order valence-corrected chi connectivity index (χ3v) is 6.28. The van der Waals surface area contributed by atoms with Crippen LogP contribution in [0.15, 0.2) is 72.3 Å². The summed E-state index contributed by atoms with van der Waals surface area (Å²) in [4.78, 5) is 0. The van der Waals surface area contributed by atoms with E-state index in [4.69, 9.17) is 18.9 Å². The normalized spacial score (nSPS) is 26.7. The van der Waals surface area contributed by atoms with Crippen molar-refractivity contribution in [2.75, 3.05) is 13.2 Å². The van der Waals surface area contributed by atoms with E-state index in [9.17, 15) is 0 Å². The van der Waals surface area contributed by atoms with Gasteiger partial charge < -0.3 is 18.9 Å². The summed E-state index contributed by atoms with van der Waals surface area (Å²) in [5.74, 6) is 0.921. The van der Waals surface area contributed by atoms with E-state index in [1.54, 1.807) is 0 Å². The molecule has 166 valence electrons. The summed E-state index contributed by atoms with van der Waals surface area (Å²) < 4.78 is 24.8. The number of allylic oxidation sites excluding steroid dienone is 2. The Morgan fingerprint density at radius 3 is 1.81 bits per heavy atom. The highest BCUT2D eigenvalue weighted by molar-refractivity contribution is 5.14. The number of hydrogen-bond acceptors (Lipinski definition) is 4. The van der Waals surface area contributed by atoms with Crippen LogP contribution >= 0.6 is 0 Å². The van der Waals surface area contributed by atoms with E-state index < -0.39 is 0 Å². The number of ether oxygens (including phenoxy) is 4. The Morgan fingerprint density at radius 2 is 1.32 bits per heavy atom. The average Bonchev–Trinajstić information content (AvgIpc) is 3.18. The first kappa shape index (κ1) is 22.2. The van der Waals surface area contributed by atoms with Crippen LogP contribution in [0.2, 0.25) is 0 Å². The summed E-state index contributed by atoms with van der Waals surface area (Å²) in [6, 6.07) is 20.5. The van der Waals surface area contributed by atoms with Gasteiger partial charge in [-0.2, -0.15) is 0 Å². The molecule has 1 saturated heterocycles. The van der Waals surface area contributed by atoms with Gasteiger partial charge in [0, 0.05) is 5.92 Å². The fourth-order valence-electron chi connectivity index (χ4n) is 4.47. The topological polar surface area (TPSA) is 36.9 Å². The summed E-state index contributed by atoms with van der Waals surface area (Å²) in [5, 5.41) is 0. The molecule has 0 radical (unpaired) electrons. The highest BCUT2D eigenvalue weighted by atomic mass is 16.7. The maximum Gasteiger partial charge on any atom is 0.162 e. The van der Waals surface area contributed by atoms with Gasteiger partial charge in [0.1, 0.15) is 12.2 Å². The Kier molecular flexibility index (Phi) is 7.92. The third-order valence-electron chi connectivity index (χ3n) is 6.28. The minimum Gasteiger partial charge on any atom is -0.374 e. The first-order valence-electron chi connectivity index (χ1n) is 11.4. The molecule has 1 aliphatic heterocycles. The van der Waals surface area contributed by atoms with Gasteiger partial charge in [0.2, 0.25) is 0 Å². The number of rotatable bonds is 9. The summed E-state index contributed by atoms with van der Waals surface area (Å²) in [7, 11) is 0. The van der Waals surface area contributed by atoms with Crippen molar-refractivity contribution in [3.05, 3.63) is 83.4 Å². The van der Waals surface area contributed by atoms with E-state index in [-0.39, 0.29) is 18.5 Å². The smallest absolute Gasteiger partial charge is 0.162 e. The molecule has 4 nitrogen and oxygen atoms in total. The van der Waals surface area contributed by atoms with Gasteiger partial charge in [-0.15, -0.1) is 0 Å². The second-order valence-electron chi connectivity index (χ2n) is 8.85. The van der Waals surface area contributed by atoms with Gasteiger partial charge in [-0.25, -0.2) is 0 Å². The quantitative estimate of drug-likeness (QED) is 0.499. The maximum atomic E-state index is 6.40. The lowest BCUT2D eigenvalue weighted by molar-refractivity contribution is -0.127. The predicted molar refractivity (Wildman–Crippen MR) is 121 cm³/mol. The molecular weight excluding hydrogens is 388 g/mol. The Balaban J connectivity index is 1.34. The molecule has 4 atom stereocenters. The summed E-state index contributed by atoms with van der Waals surface area (Å²) in [5.41, 5.74) is 3.79. The van der Waals surface area contributed by atoms with Crippen LogP contribution in [0.3, 0.4) is 0 Å². The van der Waals surface area contributed by atoms with Crippen molar-refractivity contribution >= 4 is 0 Å². The van der Waals surface area contributed by atoms with Crippen molar-refractivity contribution in [3.63, 3.8) is 0 Å². The molecule has 31 heavy (non-hydrogen) atoms. The van der Waals surface area contributed by atoms with E-state index in [1.165, 1.54) is 5.57 Å². The van der Waals surface area contributed by atoms with Crippen LogP contribution in [0.1, 0.15) is 37.8 Å². The highest BCUT2D eigenvalue weighted by Crippen LogP contribution is 2.37. The van der Waals surface area contributed by atoms with Gasteiger partial charge in [-0.3, -0.25) is 0 Å².